The average Bonchev–Trinajstić information content (AvgIpc) is 3.07. The highest BCUT2D eigenvalue weighted by Crippen LogP contribution is 2.28. The second kappa shape index (κ2) is 19.6. The van der Waals surface area contributed by atoms with Crippen molar-refractivity contribution < 1.29 is 43.0 Å². The summed E-state index contributed by atoms with van der Waals surface area (Å²) in [6.07, 6.45) is 4.30. The SMILES string of the molecule is CCOC(=O)CNC(=O)C(=O)C(COCc1ccccc1)NC(=O)[C@@H](CC1CCCCC1)NC(=O)c1ccc(Cl)c(NC(=O)OC(C)(C)C)c1. The van der Waals surface area contributed by atoms with Crippen molar-refractivity contribution in [1.82, 2.24) is 16.0 Å². The molecule has 0 radical (unpaired) electrons. The highest BCUT2D eigenvalue weighted by atomic mass is 35.5. The predicted octanol–water partition coefficient (Wildman–Crippen LogP) is 4.71. The van der Waals surface area contributed by atoms with Crippen LogP contribution in [0.15, 0.2) is 48.5 Å². The molecular weight excluding hydrogens is 668 g/mol. The van der Waals surface area contributed by atoms with Gasteiger partial charge in [0, 0.05) is 5.56 Å². The zero-order valence-corrected chi connectivity index (χ0v) is 29.7. The Morgan fingerprint density at radius 2 is 1.62 bits per heavy atom. The summed E-state index contributed by atoms with van der Waals surface area (Å²) < 4.78 is 15.8. The second-order valence-corrected chi connectivity index (χ2v) is 13.4. The monoisotopic (exact) mass is 714 g/mol. The first-order valence-corrected chi connectivity index (χ1v) is 17.1. The average molecular weight is 715 g/mol. The van der Waals surface area contributed by atoms with Gasteiger partial charge in [-0.1, -0.05) is 74.0 Å². The van der Waals surface area contributed by atoms with Crippen molar-refractivity contribution in [3.63, 3.8) is 0 Å². The molecule has 1 aliphatic rings. The number of esters is 1. The fraction of sp³-hybridized carbons (Fsp3) is 0.500. The van der Waals surface area contributed by atoms with E-state index in [9.17, 15) is 28.8 Å². The van der Waals surface area contributed by atoms with Gasteiger partial charge >= 0.3 is 12.1 Å². The van der Waals surface area contributed by atoms with E-state index in [1.165, 1.54) is 18.2 Å². The Morgan fingerprint density at radius 1 is 0.920 bits per heavy atom. The number of amides is 4. The van der Waals surface area contributed by atoms with E-state index < -0.39 is 59.8 Å². The number of hydrogen-bond donors (Lipinski definition) is 4. The van der Waals surface area contributed by atoms with Crippen molar-refractivity contribution in [2.75, 3.05) is 25.1 Å². The van der Waals surface area contributed by atoms with Gasteiger partial charge in [-0.05, 0) is 63.8 Å². The van der Waals surface area contributed by atoms with Crippen LogP contribution in [0, 0.1) is 5.92 Å². The Bertz CT molecular complexity index is 1490. The molecule has 0 aliphatic heterocycles. The van der Waals surface area contributed by atoms with Crippen molar-refractivity contribution in [3.8, 4) is 0 Å². The number of nitrogens with one attached hydrogen (secondary N) is 4. The van der Waals surface area contributed by atoms with E-state index in [1.54, 1.807) is 27.7 Å². The lowest BCUT2D eigenvalue weighted by Gasteiger charge is -2.28. The molecule has 14 heteroatoms. The summed E-state index contributed by atoms with van der Waals surface area (Å²) in [7, 11) is 0. The smallest absolute Gasteiger partial charge is 0.412 e. The fourth-order valence-corrected chi connectivity index (χ4v) is 5.50. The zero-order chi connectivity index (χ0) is 36.7. The maximum atomic E-state index is 13.9. The van der Waals surface area contributed by atoms with Crippen molar-refractivity contribution in [2.45, 2.75) is 90.5 Å². The van der Waals surface area contributed by atoms with E-state index in [0.29, 0.717) is 0 Å². The molecule has 0 saturated heterocycles. The van der Waals surface area contributed by atoms with Crippen molar-refractivity contribution in [2.24, 2.45) is 5.92 Å². The highest BCUT2D eigenvalue weighted by molar-refractivity contribution is 6.38. The van der Waals surface area contributed by atoms with Gasteiger partial charge < -0.3 is 30.2 Å². The molecule has 272 valence electrons. The number of hydrogen-bond acceptors (Lipinski definition) is 9. The summed E-state index contributed by atoms with van der Waals surface area (Å²) >= 11 is 6.28. The maximum Gasteiger partial charge on any atom is 0.412 e. The molecule has 0 aromatic heterocycles. The molecule has 1 aliphatic carbocycles. The number of ether oxygens (including phenoxy) is 3. The van der Waals surface area contributed by atoms with Crippen LogP contribution in [0.1, 0.15) is 82.1 Å². The molecule has 1 unspecified atom stereocenters. The number of carbonyl (C=O) groups excluding carboxylic acids is 6. The standard InChI is InChI=1S/C36H47ClN4O9/c1-5-49-30(42)20-38-34(46)31(43)29(22-48-21-24-14-10-7-11-15-24)40-33(45)28(18-23-12-8-6-9-13-23)39-32(44)25-16-17-26(37)27(19-25)41-35(47)50-36(2,3)4/h7,10-11,14-17,19,23,28-29H,5-6,8-9,12-13,18,20-22H2,1-4H3,(H,38,46)(H,39,44)(H,40,45)(H,41,47)/t28-,29?/m1/s1. The van der Waals surface area contributed by atoms with Gasteiger partial charge in [-0.2, -0.15) is 0 Å². The molecule has 0 heterocycles. The number of anilines is 1. The minimum atomic E-state index is -1.43. The summed E-state index contributed by atoms with van der Waals surface area (Å²) in [5, 5.41) is 10.3. The van der Waals surface area contributed by atoms with E-state index in [4.69, 9.17) is 25.8 Å². The lowest BCUT2D eigenvalue weighted by molar-refractivity contribution is -0.146. The van der Waals surface area contributed by atoms with E-state index in [-0.39, 0.29) is 48.4 Å². The molecular formula is C36H47ClN4O9. The van der Waals surface area contributed by atoms with Crippen LogP contribution in [0.5, 0.6) is 0 Å². The summed E-state index contributed by atoms with van der Waals surface area (Å²) in [5.41, 5.74) is 0.289. The van der Waals surface area contributed by atoms with Gasteiger partial charge in [0.1, 0.15) is 24.2 Å². The van der Waals surface area contributed by atoms with Gasteiger partial charge in [0.2, 0.25) is 11.7 Å². The molecule has 2 aromatic rings. The molecule has 13 nitrogen and oxygen atoms in total. The maximum absolute atomic E-state index is 13.9. The van der Waals surface area contributed by atoms with Gasteiger partial charge in [-0.15, -0.1) is 0 Å². The Hall–Kier alpha value is -4.49. The first-order valence-electron chi connectivity index (χ1n) is 16.8. The normalized spacial score (nSPS) is 14.4. The molecule has 50 heavy (non-hydrogen) atoms. The summed E-state index contributed by atoms with van der Waals surface area (Å²) in [6.45, 7) is 6.04. The Balaban J connectivity index is 1.80. The lowest BCUT2D eigenvalue weighted by Crippen LogP contribution is -2.56. The van der Waals surface area contributed by atoms with E-state index in [0.717, 1.165) is 37.7 Å². The Labute approximate surface area is 297 Å². The third-order valence-electron chi connectivity index (χ3n) is 7.73. The molecule has 0 spiro atoms. The molecule has 3 rings (SSSR count). The Kier molecular flexibility index (Phi) is 15.7. The quantitative estimate of drug-likeness (QED) is 0.142. The van der Waals surface area contributed by atoms with Crippen LogP contribution in [-0.2, 0) is 40.0 Å². The number of Topliss-reactive ketones (excluding diaryl/α,β-unsaturated/α-hetero) is 1. The molecule has 4 amide bonds. The summed E-state index contributed by atoms with van der Waals surface area (Å²) in [6, 6.07) is 10.9. The van der Waals surface area contributed by atoms with Crippen LogP contribution in [0.25, 0.3) is 0 Å². The van der Waals surface area contributed by atoms with Crippen molar-refractivity contribution >= 4 is 52.9 Å². The van der Waals surface area contributed by atoms with Crippen LogP contribution in [0.4, 0.5) is 10.5 Å². The molecule has 1 fully saturated rings. The fourth-order valence-electron chi connectivity index (χ4n) is 5.34. The van der Waals surface area contributed by atoms with E-state index in [2.05, 4.69) is 21.3 Å². The minimum Gasteiger partial charge on any atom is -0.465 e. The van der Waals surface area contributed by atoms with Crippen LogP contribution >= 0.6 is 11.6 Å². The number of ketones is 1. The van der Waals surface area contributed by atoms with Crippen molar-refractivity contribution in [3.05, 3.63) is 64.7 Å². The van der Waals surface area contributed by atoms with Crippen LogP contribution < -0.4 is 21.3 Å². The van der Waals surface area contributed by atoms with Gasteiger partial charge in [0.15, 0.2) is 0 Å². The van der Waals surface area contributed by atoms with Crippen molar-refractivity contribution in [1.29, 1.82) is 0 Å². The van der Waals surface area contributed by atoms with Crippen LogP contribution in [0.2, 0.25) is 5.02 Å². The Morgan fingerprint density at radius 3 is 2.28 bits per heavy atom. The van der Waals surface area contributed by atoms with E-state index in [1.807, 2.05) is 30.3 Å². The molecule has 2 aromatic carbocycles. The summed E-state index contributed by atoms with van der Waals surface area (Å²) in [4.78, 5) is 77.7. The van der Waals surface area contributed by atoms with Gasteiger partial charge in [-0.3, -0.25) is 29.3 Å². The molecule has 4 N–H and O–H groups in total. The topological polar surface area (TPSA) is 178 Å². The van der Waals surface area contributed by atoms with Gasteiger partial charge in [-0.25, -0.2) is 4.79 Å². The van der Waals surface area contributed by atoms with Gasteiger partial charge in [0.05, 0.1) is 30.5 Å². The van der Waals surface area contributed by atoms with Crippen LogP contribution in [0.3, 0.4) is 0 Å². The minimum absolute atomic E-state index is 0.0976. The summed E-state index contributed by atoms with van der Waals surface area (Å²) in [5.74, 6) is -4.05. The third kappa shape index (κ3) is 13.8. The first-order chi connectivity index (χ1) is 23.8. The molecule has 0 bridgehead atoms. The van der Waals surface area contributed by atoms with Gasteiger partial charge in [0.25, 0.3) is 11.8 Å². The molecule has 1 saturated carbocycles. The highest BCUT2D eigenvalue weighted by Gasteiger charge is 2.33. The largest absolute Gasteiger partial charge is 0.465 e. The molecule has 2 atom stereocenters. The third-order valence-corrected chi connectivity index (χ3v) is 8.06. The number of halogens is 1. The second-order valence-electron chi connectivity index (χ2n) is 13.0. The number of rotatable bonds is 16. The predicted molar refractivity (Wildman–Crippen MR) is 186 cm³/mol. The zero-order valence-electron chi connectivity index (χ0n) is 29.0. The lowest BCUT2D eigenvalue weighted by atomic mass is 9.84. The van der Waals surface area contributed by atoms with E-state index >= 15 is 0 Å². The number of carbonyl (C=O) groups is 6. The first kappa shape index (κ1) is 39.9. The number of benzene rings is 2. The van der Waals surface area contributed by atoms with Crippen LogP contribution in [-0.4, -0.2) is 73.0 Å².